The molecule has 1 N–H and O–H groups in total. The van der Waals surface area contributed by atoms with Crippen LogP contribution in [0.25, 0.3) is 5.69 Å². The van der Waals surface area contributed by atoms with E-state index in [9.17, 15) is 9.59 Å². The van der Waals surface area contributed by atoms with Gasteiger partial charge in [0.2, 0.25) is 0 Å². The average Bonchev–Trinajstić information content (AvgIpc) is 2.86. The van der Waals surface area contributed by atoms with Crippen LogP contribution in [0.15, 0.2) is 24.3 Å². The van der Waals surface area contributed by atoms with E-state index >= 15 is 0 Å². The van der Waals surface area contributed by atoms with Gasteiger partial charge >= 0.3 is 5.97 Å². The Balaban J connectivity index is 2.61. The van der Waals surface area contributed by atoms with Crippen LogP contribution in [0, 0.1) is 0 Å². The van der Waals surface area contributed by atoms with Crippen LogP contribution in [0.1, 0.15) is 33.5 Å². The zero-order chi connectivity index (χ0) is 16.1. The fourth-order valence-electron chi connectivity index (χ4n) is 2.10. The van der Waals surface area contributed by atoms with E-state index in [-0.39, 0.29) is 12.3 Å². The Bertz CT molecular complexity index is 697. The quantitative estimate of drug-likeness (QED) is 0.652. The zero-order valence-electron chi connectivity index (χ0n) is 12.3. The Morgan fingerprint density at radius 3 is 2.86 bits per heavy atom. The molecule has 0 aliphatic rings. The largest absolute Gasteiger partial charge is 0.461 e. The number of nitrogens with one attached hydrogen (secondary N) is 1. The summed E-state index contributed by atoms with van der Waals surface area (Å²) in [4.78, 5) is 23.6. The Labute approximate surface area is 133 Å². The third-order valence-electron chi connectivity index (χ3n) is 3.01. The lowest BCUT2D eigenvalue weighted by Gasteiger charge is -2.04. The van der Waals surface area contributed by atoms with Crippen molar-refractivity contribution in [1.82, 2.24) is 15.1 Å². The van der Waals surface area contributed by atoms with E-state index in [1.54, 1.807) is 38.2 Å². The number of rotatable bonds is 6. The van der Waals surface area contributed by atoms with Crippen LogP contribution in [0.2, 0.25) is 5.02 Å². The SMILES string of the molecule is CCOC(=O)c1nn(-c2cccc(Cl)c2)c(C=O)c1CNC. The maximum Gasteiger partial charge on any atom is 0.359 e. The lowest BCUT2D eigenvalue weighted by atomic mass is 10.2. The van der Waals surface area contributed by atoms with Crippen LogP contribution >= 0.6 is 11.6 Å². The van der Waals surface area contributed by atoms with Crippen LogP contribution in [-0.4, -0.2) is 35.7 Å². The third-order valence-corrected chi connectivity index (χ3v) is 3.25. The van der Waals surface area contributed by atoms with Gasteiger partial charge in [-0.25, -0.2) is 9.48 Å². The molecule has 0 atom stereocenters. The molecule has 1 aromatic heterocycles. The number of aldehydes is 1. The molecule has 0 amide bonds. The van der Waals surface area contributed by atoms with Crippen molar-refractivity contribution in [3.05, 3.63) is 46.2 Å². The first-order valence-electron chi connectivity index (χ1n) is 6.77. The van der Waals surface area contributed by atoms with E-state index in [0.717, 1.165) is 0 Å². The summed E-state index contributed by atoms with van der Waals surface area (Å²) >= 11 is 5.98. The minimum Gasteiger partial charge on any atom is -0.461 e. The molecular weight excluding hydrogens is 306 g/mol. The van der Waals surface area contributed by atoms with Gasteiger partial charge in [-0.15, -0.1) is 0 Å². The summed E-state index contributed by atoms with van der Waals surface area (Å²) in [5, 5.41) is 7.68. The molecule has 0 aliphatic heterocycles. The van der Waals surface area contributed by atoms with Gasteiger partial charge in [-0.05, 0) is 32.2 Å². The van der Waals surface area contributed by atoms with Crippen LogP contribution in [0.3, 0.4) is 0 Å². The van der Waals surface area contributed by atoms with Crippen LogP contribution in [0.4, 0.5) is 0 Å². The lowest BCUT2D eigenvalue weighted by molar-refractivity contribution is 0.0517. The molecule has 0 unspecified atom stereocenters. The highest BCUT2D eigenvalue weighted by atomic mass is 35.5. The van der Waals surface area contributed by atoms with Crippen molar-refractivity contribution in [2.45, 2.75) is 13.5 Å². The molecule has 0 aliphatic carbocycles. The number of esters is 1. The number of benzene rings is 1. The highest BCUT2D eigenvalue weighted by molar-refractivity contribution is 6.30. The fourth-order valence-corrected chi connectivity index (χ4v) is 2.29. The van der Waals surface area contributed by atoms with Gasteiger partial charge in [0.1, 0.15) is 5.69 Å². The Morgan fingerprint density at radius 2 is 2.27 bits per heavy atom. The number of hydrogen-bond acceptors (Lipinski definition) is 5. The number of halogens is 1. The molecule has 22 heavy (non-hydrogen) atoms. The molecular formula is C15H16ClN3O3. The monoisotopic (exact) mass is 321 g/mol. The first kappa shape index (κ1) is 16.2. The Kier molecular flexibility index (Phi) is 5.30. The zero-order valence-corrected chi connectivity index (χ0v) is 13.1. The molecule has 116 valence electrons. The molecule has 0 spiro atoms. The summed E-state index contributed by atoms with van der Waals surface area (Å²) in [6.07, 6.45) is 0.670. The highest BCUT2D eigenvalue weighted by Crippen LogP contribution is 2.21. The van der Waals surface area contributed by atoms with Gasteiger partial charge in [0.05, 0.1) is 12.3 Å². The molecule has 2 aromatic rings. The average molecular weight is 322 g/mol. The second-order valence-electron chi connectivity index (χ2n) is 4.47. The molecule has 0 bridgehead atoms. The second kappa shape index (κ2) is 7.20. The van der Waals surface area contributed by atoms with Crippen molar-refractivity contribution in [2.24, 2.45) is 0 Å². The van der Waals surface area contributed by atoms with Crippen molar-refractivity contribution in [1.29, 1.82) is 0 Å². The normalized spacial score (nSPS) is 10.5. The molecule has 0 radical (unpaired) electrons. The summed E-state index contributed by atoms with van der Waals surface area (Å²) in [5.74, 6) is -0.559. The van der Waals surface area contributed by atoms with Gasteiger partial charge in [0.25, 0.3) is 0 Å². The standard InChI is InChI=1S/C15H16ClN3O3/c1-3-22-15(21)14-12(8-17-2)13(9-20)19(18-14)11-6-4-5-10(16)7-11/h4-7,9,17H,3,8H2,1-2H3. The Hall–Kier alpha value is -2.18. The summed E-state index contributed by atoms with van der Waals surface area (Å²) < 4.78 is 6.40. The Morgan fingerprint density at radius 1 is 1.50 bits per heavy atom. The molecule has 1 aromatic carbocycles. The van der Waals surface area contributed by atoms with Crippen LogP contribution in [0.5, 0.6) is 0 Å². The van der Waals surface area contributed by atoms with Gasteiger partial charge in [0, 0.05) is 17.1 Å². The number of carbonyl (C=O) groups is 2. The van der Waals surface area contributed by atoms with Gasteiger partial charge in [-0.3, -0.25) is 4.79 Å². The number of ether oxygens (including phenoxy) is 1. The first-order valence-corrected chi connectivity index (χ1v) is 7.14. The molecule has 0 saturated carbocycles. The van der Waals surface area contributed by atoms with Gasteiger partial charge in [0.15, 0.2) is 12.0 Å². The predicted octanol–water partition coefficient (Wildman–Crippen LogP) is 2.23. The maximum atomic E-state index is 12.1. The number of hydrogen-bond donors (Lipinski definition) is 1. The molecule has 2 rings (SSSR count). The summed E-state index contributed by atoms with van der Waals surface area (Å²) in [7, 11) is 1.72. The minimum atomic E-state index is -0.559. The van der Waals surface area contributed by atoms with Gasteiger partial charge in [-0.1, -0.05) is 17.7 Å². The minimum absolute atomic E-state index is 0.123. The third kappa shape index (κ3) is 3.18. The van der Waals surface area contributed by atoms with Gasteiger partial charge in [-0.2, -0.15) is 5.10 Å². The molecule has 0 saturated heterocycles. The van der Waals surface area contributed by atoms with Gasteiger partial charge < -0.3 is 10.1 Å². The predicted molar refractivity (Wildman–Crippen MR) is 82.7 cm³/mol. The first-order chi connectivity index (χ1) is 10.6. The maximum absolute atomic E-state index is 12.1. The van der Waals surface area contributed by atoms with E-state index in [1.165, 1.54) is 4.68 Å². The number of nitrogens with zero attached hydrogens (tertiary/aromatic N) is 2. The van der Waals surface area contributed by atoms with Crippen LogP contribution < -0.4 is 5.32 Å². The van der Waals surface area contributed by atoms with E-state index in [4.69, 9.17) is 16.3 Å². The summed E-state index contributed by atoms with van der Waals surface area (Å²) in [6.45, 7) is 2.27. The van der Waals surface area contributed by atoms with Crippen molar-refractivity contribution in [3.63, 3.8) is 0 Å². The summed E-state index contributed by atoms with van der Waals surface area (Å²) in [6, 6.07) is 6.88. The molecule has 1 heterocycles. The number of aromatic nitrogens is 2. The molecule has 6 nitrogen and oxygen atoms in total. The molecule has 7 heteroatoms. The smallest absolute Gasteiger partial charge is 0.359 e. The van der Waals surface area contributed by atoms with E-state index < -0.39 is 5.97 Å². The second-order valence-corrected chi connectivity index (χ2v) is 4.91. The van der Waals surface area contributed by atoms with Crippen molar-refractivity contribution < 1.29 is 14.3 Å². The van der Waals surface area contributed by atoms with Crippen molar-refractivity contribution in [2.75, 3.05) is 13.7 Å². The topological polar surface area (TPSA) is 73.2 Å². The van der Waals surface area contributed by atoms with E-state index in [0.29, 0.717) is 34.8 Å². The van der Waals surface area contributed by atoms with E-state index in [1.807, 2.05) is 0 Å². The van der Waals surface area contributed by atoms with Crippen molar-refractivity contribution in [3.8, 4) is 5.69 Å². The fraction of sp³-hybridized carbons (Fsp3) is 0.267. The van der Waals surface area contributed by atoms with Crippen LogP contribution in [-0.2, 0) is 11.3 Å². The highest BCUT2D eigenvalue weighted by Gasteiger charge is 2.24. The number of carbonyl (C=O) groups excluding carboxylic acids is 2. The lowest BCUT2D eigenvalue weighted by Crippen LogP contribution is -2.13. The van der Waals surface area contributed by atoms with E-state index in [2.05, 4.69) is 10.4 Å². The summed E-state index contributed by atoms with van der Waals surface area (Å²) in [5.41, 5.74) is 1.51. The van der Waals surface area contributed by atoms with Crippen molar-refractivity contribution >= 4 is 23.9 Å². The molecule has 0 fully saturated rings.